The number of carbonyl (C=O) groups is 1. The number of halogens is 2. The molecule has 1 aromatic rings. The van der Waals surface area contributed by atoms with Gasteiger partial charge in [-0.25, -0.2) is 4.98 Å². The highest BCUT2D eigenvalue weighted by atomic mass is 35.5. The minimum absolute atomic E-state index is 0.0290. The van der Waals surface area contributed by atoms with Crippen LogP contribution < -0.4 is 0 Å². The van der Waals surface area contributed by atoms with E-state index in [0.29, 0.717) is 5.56 Å². The van der Waals surface area contributed by atoms with Crippen LogP contribution in [0.1, 0.15) is 37.0 Å². The topological polar surface area (TPSA) is 33.2 Å². The van der Waals surface area contributed by atoms with E-state index < -0.39 is 0 Å². The highest BCUT2D eigenvalue weighted by molar-refractivity contribution is 6.33. The van der Waals surface area contributed by atoms with Gasteiger partial charge in [-0.1, -0.05) is 23.2 Å². The summed E-state index contributed by atoms with van der Waals surface area (Å²) in [7, 11) is 0. The number of hydrogen-bond donors (Lipinski definition) is 0. The average Bonchev–Trinajstić information content (AvgIpc) is 2.55. The van der Waals surface area contributed by atoms with E-state index in [4.69, 9.17) is 23.2 Å². The zero-order valence-corrected chi connectivity index (χ0v) is 11.3. The van der Waals surface area contributed by atoms with E-state index in [1.165, 1.54) is 0 Å². The summed E-state index contributed by atoms with van der Waals surface area (Å²) in [5, 5.41) is 0.496. The Bertz CT molecular complexity index is 440. The Hall–Kier alpha value is -0.800. The molecule has 0 spiro atoms. The van der Waals surface area contributed by atoms with Crippen LogP contribution in [0.2, 0.25) is 10.3 Å². The third kappa shape index (κ3) is 2.55. The van der Waals surface area contributed by atoms with Crippen molar-refractivity contribution >= 4 is 29.1 Å². The van der Waals surface area contributed by atoms with E-state index in [9.17, 15) is 4.79 Å². The molecule has 5 heteroatoms. The van der Waals surface area contributed by atoms with Crippen molar-refractivity contribution < 1.29 is 4.79 Å². The van der Waals surface area contributed by atoms with Gasteiger partial charge in [-0.2, -0.15) is 0 Å². The molecule has 1 saturated heterocycles. The molecule has 0 radical (unpaired) electrons. The van der Waals surface area contributed by atoms with Crippen molar-refractivity contribution in [1.29, 1.82) is 0 Å². The van der Waals surface area contributed by atoms with Gasteiger partial charge in [0.2, 0.25) is 0 Å². The summed E-state index contributed by atoms with van der Waals surface area (Å²) < 4.78 is 0. The quantitative estimate of drug-likeness (QED) is 0.735. The molecule has 0 aromatic carbocycles. The lowest BCUT2D eigenvalue weighted by Crippen LogP contribution is -2.42. The van der Waals surface area contributed by atoms with E-state index in [2.05, 4.69) is 18.8 Å². The fourth-order valence-electron chi connectivity index (χ4n) is 2.23. The molecule has 17 heavy (non-hydrogen) atoms. The predicted octanol–water partition coefficient (Wildman–Crippen LogP) is 3.40. The van der Waals surface area contributed by atoms with Crippen molar-refractivity contribution in [2.24, 2.45) is 0 Å². The van der Waals surface area contributed by atoms with Gasteiger partial charge in [-0.15, -0.1) is 0 Å². The van der Waals surface area contributed by atoms with Crippen LogP contribution >= 0.6 is 23.2 Å². The lowest BCUT2D eigenvalue weighted by molar-refractivity contribution is 0.0652. The maximum absolute atomic E-state index is 12.3. The van der Waals surface area contributed by atoms with Gasteiger partial charge in [-0.05, 0) is 38.8 Å². The van der Waals surface area contributed by atoms with Crippen LogP contribution in [0.15, 0.2) is 12.1 Å². The largest absolute Gasteiger partial charge is 0.334 e. The molecule has 0 unspecified atom stereocenters. The second-order valence-corrected chi connectivity index (χ2v) is 5.65. The monoisotopic (exact) mass is 272 g/mol. The minimum atomic E-state index is -0.0979. The van der Waals surface area contributed by atoms with Crippen molar-refractivity contribution in [1.82, 2.24) is 9.88 Å². The number of hydrogen-bond acceptors (Lipinski definition) is 2. The Balaban J connectivity index is 2.31. The van der Waals surface area contributed by atoms with Crippen molar-refractivity contribution in [3.05, 3.63) is 28.0 Å². The van der Waals surface area contributed by atoms with Gasteiger partial charge >= 0.3 is 0 Å². The number of carbonyl (C=O) groups excluding carboxylic acids is 1. The molecule has 1 amide bonds. The summed E-state index contributed by atoms with van der Waals surface area (Å²) in [6.07, 6.45) is 2.05. The molecular formula is C12H14Cl2N2O. The van der Waals surface area contributed by atoms with Crippen LogP contribution in [0.4, 0.5) is 0 Å². The highest BCUT2D eigenvalue weighted by Gasteiger charge is 2.35. The van der Waals surface area contributed by atoms with E-state index in [1.54, 1.807) is 12.1 Å². The predicted molar refractivity (Wildman–Crippen MR) is 68.6 cm³/mol. The van der Waals surface area contributed by atoms with Crippen molar-refractivity contribution in [3.8, 4) is 0 Å². The smallest absolute Gasteiger partial charge is 0.254 e. The molecule has 1 aromatic heterocycles. The molecule has 1 aliphatic heterocycles. The molecule has 0 atom stereocenters. The Morgan fingerprint density at radius 1 is 1.35 bits per heavy atom. The molecule has 0 aliphatic carbocycles. The first kappa shape index (κ1) is 12.7. The molecule has 0 saturated carbocycles. The highest BCUT2D eigenvalue weighted by Crippen LogP contribution is 2.30. The molecule has 3 nitrogen and oxygen atoms in total. The Labute approximate surface area is 111 Å². The van der Waals surface area contributed by atoms with Crippen LogP contribution in [0.25, 0.3) is 0 Å². The van der Waals surface area contributed by atoms with Crippen LogP contribution in [-0.4, -0.2) is 27.9 Å². The zero-order chi connectivity index (χ0) is 12.6. The van der Waals surface area contributed by atoms with Gasteiger partial charge in [0.25, 0.3) is 5.91 Å². The lowest BCUT2D eigenvalue weighted by Gasteiger charge is -2.31. The SMILES string of the molecule is CC1(C)CCCN1C(=O)c1cc(Cl)nc(Cl)c1. The summed E-state index contributed by atoms with van der Waals surface area (Å²) >= 11 is 11.6. The Kier molecular flexibility index (Phi) is 3.32. The summed E-state index contributed by atoms with van der Waals surface area (Å²) in [6.45, 7) is 4.92. The first-order chi connectivity index (χ1) is 7.90. The van der Waals surface area contributed by atoms with Crippen LogP contribution in [0.3, 0.4) is 0 Å². The third-order valence-corrected chi connectivity index (χ3v) is 3.54. The van der Waals surface area contributed by atoms with E-state index in [0.717, 1.165) is 19.4 Å². The minimum Gasteiger partial charge on any atom is -0.334 e. The number of rotatable bonds is 1. The standard InChI is InChI=1S/C12H14Cl2N2O/c1-12(2)4-3-5-16(12)11(17)8-6-9(13)15-10(14)7-8/h6-7H,3-5H2,1-2H3. The Morgan fingerprint density at radius 3 is 2.41 bits per heavy atom. The Morgan fingerprint density at radius 2 is 1.94 bits per heavy atom. The van der Waals surface area contributed by atoms with E-state index in [-0.39, 0.29) is 21.8 Å². The number of aromatic nitrogens is 1. The van der Waals surface area contributed by atoms with Gasteiger partial charge in [0.15, 0.2) is 0 Å². The summed E-state index contributed by atoms with van der Waals surface area (Å²) in [5.41, 5.74) is 0.407. The first-order valence-corrected chi connectivity index (χ1v) is 6.31. The molecule has 2 heterocycles. The zero-order valence-electron chi connectivity index (χ0n) is 9.83. The summed E-state index contributed by atoms with van der Waals surface area (Å²) in [5.74, 6) is -0.0290. The van der Waals surface area contributed by atoms with Gasteiger partial charge in [0.05, 0.1) is 0 Å². The van der Waals surface area contributed by atoms with E-state index in [1.807, 2.05) is 4.90 Å². The van der Waals surface area contributed by atoms with Crippen molar-refractivity contribution in [2.75, 3.05) is 6.54 Å². The molecule has 92 valence electrons. The molecule has 0 N–H and O–H groups in total. The second-order valence-electron chi connectivity index (χ2n) is 4.87. The molecule has 1 fully saturated rings. The molecular weight excluding hydrogens is 259 g/mol. The van der Waals surface area contributed by atoms with Crippen molar-refractivity contribution in [3.63, 3.8) is 0 Å². The van der Waals surface area contributed by atoms with Gasteiger partial charge in [-0.3, -0.25) is 4.79 Å². The van der Waals surface area contributed by atoms with Crippen LogP contribution in [0.5, 0.6) is 0 Å². The van der Waals surface area contributed by atoms with Gasteiger partial charge in [0, 0.05) is 17.6 Å². The van der Waals surface area contributed by atoms with Gasteiger partial charge < -0.3 is 4.90 Å². The third-order valence-electron chi connectivity index (χ3n) is 3.16. The number of likely N-dealkylation sites (tertiary alicyclic amines) is 1. The van der Waals surface area contributed by atoms with Crippen LogP contribution in [-0.2, 0) is 0 Å². The average molecular weight is 273 g/mol. The fraction of sp³-hybridized carbons (Fsp3) is 0.500. The number of nitrogens with zero attached hydrogens (tertiary/aromatic N) is 2. The molecule has 1 aliphatic rings. The fourth-order valence-corrected chi connectivity index (χ4v) is 2.69. The first-order valence-electron chi connectivity index (χ1n) is 5.55. The summed E-state index contributed by atoms with van der Waals surface area (Å²) in [6, 6.07) is 3.12. The molecule has 2 rings (SSSR count). The van der Waals surface area contributed by atoms with Crippen molar-refractivity contribution in [2.45, 2.75) is 32.2 Å². The number of pyridine rings is 1. The van der Waals surface area contributed by atoms with Gasteiger partial charge in [0.1, 0.15) is 10.3 Å². The maximum atomic E-state index is 12.3. The normalized spacial score (nSPS) is 18.5. The van der Waals surface area contributed by atoms with Crippen LogP contribution in [0, 0.1) is 0 Å². The molecule has 0 bridgehead atoms. The lowest BCUT2D eigenvalue weighted by atomic mass is 10.0. The van der Waals surface area contributed by atoms with E-state index >= 15 is 0 Å². The second kappa shape index (κ2) is 4.46. The summed E-state index contributed by atoms with van der Waals surface area (Å²) in [4.78, 5) is 18.1. The maximum Gasteiger partial charge on any atom is 0.254 e. The number of amides is 1.